The Morgan fingerprint density at radius 2 is 1.57 bits per heavy atom. The lowest BCUT2D eigenvalue weighted by Gasteiger charge is -2.41. The minimum Gasteiger partial charge on any atom is -0.463 e. The van der Waals surface area contributed by atoms with E-state index in [2.05, 4.69) is 0 Å². The van der Waals surface area contributed by atoms with Gasteiger partial charge in [0.25, 0.3) is 0 Å². The lowest BCUT2D eigenvalue weighted by Crippen LogP contribution is -2.64. The molecule has 1 saturated heterocycles. The standard InChI is InChI=1S/C12H19NO8/c1-5(14)18-4-8-10(19-6(2)15)11(20-7(3)16)9(13)12(17)21-8/h8-12,17H,4,13H2,1-3H3/t8-,9-,10-,11-,12-/m0/s1. The van der Waals surface area contributed by atoms with Gasteiger partial charge < -0.3 is 29.8 Å². The van der Waals surface area contributed by atoms with Crippen molar-refractivity contribution in [2.75, 3.05) is 6.61 Å². The highest BCUT2D eigenvalue weighted by molar-refractivity contribution is 5.67. The van der Waals surface area contributed by atoms with Crippen LogP contribution >= 0.6 is 0 Å². The summed E-state index contributed by atoms with van der Waals surface area (Å²) in [6, 6.07) is -1.10. The second kappa shape index (κ2) is 7.34. The van der Waals surface area contributed by atoms with Crippen LogP contribution in [0.3, 0.4) is 0 Å². The van der Waals surface area contributed by atoms with Gasteiger partial charge in [-0.15, -0.1) is 0 Å². The van der Waals surface area contributed by atoms with Crippen LogP contribution in [0.25, 0.3) is 0 Å². The number of hydrogen-bond acceptors (Lipinski definition) is 9. The number of hydrogen-bond donors (Lipinski definition) is 2. The fourth-order valence-corrected chi connectivity index (χ4v) is 1.95. The SMILES string of the molecule is CC(=O)OC[C@@H]1O[C@H](O)[C@@H](N)[C@H](OC(C)=O)[C@H]1OC(C)=O. The fourth-order valence-electron chi connectivity index (χ4n) is 1.95. The molecule has 0 aromatic carbocycles. The number of carbonyl (C=O) groups is 3. The van der Waals surface area contributed by atoms with Gasteiger partial charge in [0.2, 0.25) is 0 Å². The zero-order valence-corrected chi connectivity index (χ0v) is 12.0. The van der Waals surface area contributed by atoms with Gasteiger partial charge in [-0.3, -0.25) is 14.4 Å². The van der Waals surface area contributed by atoms with Crippen molar-refractivity contribution in [1.29, 1.82) is 0 Å². The topological polar surface area (TPSA) is 134 Å². The van der Waals surface area contributed by atoms with Gasteiger partial charge in [0, 0.05) is 20.8 Å². The summed E-state index contributed by atoms with van der Waals surface area (Å²) in [5.41, 5.74) is 5.70. The summed E-state index contributed by atoms with van der Waals surface area (Å²) in [4.78, 5) is 33.2. The smallest absolute Gasteiger partial charge is 0.303 e. The monoisotopic (exact) mass is 305 g/mol. The Kier molecular flexibility index (Phi) is 6.06. The summed E-state index contributed by atoms with van der Waals surface area (Å²) in [7, 11) is 0. The van der Waals surface area contributed by atoms with Gasteiger partial charge in [-0.2, -0.15) is 0 Å². The fraction of sp³-hybridized carbons (Fsp3) is 0.750. The number of nitrogens with two attached hydrogens (primary N) is 1. The summed E-state index contributed by atoms with van der Waals surface area (Å²) in [6.45, 7) is 3.22. The first kappa shape index (κ1) is 17.3. The summed E-state index contributed by atoms with van der Waals surface area (Å²) < 4.78 is 20.0. The molecule has 1 aliphatic heterocycles. The number of aliphatic hydroxyl groups is 1. The van der Waals surface area contributed by atoms with Gasteiger partial charge in [-0.25, -0.2) is 0 Å². The number of aliphatic hydroxyl groups excluding tert-OH is 1. The first-order valence-electron chi connectivity index (χ1n) is 6.29. The van der Waals surface area contributed by atoms with E-state index >= 15 is 0 Å². The summed E-state index contributed by atoms with van der Waals surface area (Å²) in [5, 5.41) is 9.73. The van der Waals surface area contributed by atoms with Crippen molar-refractivity contribution in [3.8, 4) is 0 Å². The Hall–Kier alpha value is -1.71. The van der Waals surface area contributed by atoms with Crippen molar-refractivity contribution in [3.63, 3.8) is 0 Å². The van der Waals surface area contributed by atoms with Crippen LogP contribution in [0.1, 0.15) is 20.8 Å². The van der Waals surface area contributed by atoms with Gasteiger partial charge in [0.15, 0.2) is 18.5 Å². The van der Waals surface area contributed by atoms with E-state index in [1.54, 1.807) is 0 Å². The molecule has 21 heavy (non-hydrogen) atoms. The van der Waals surface area contributed by atoms with Crippen LogP contribution in [0, 0.1) is 0 Å². The Labute approximate surface area is 121 Å². The number of esters is 3. The van der Waals surface area contributed by atoms with Gasteiger partial charge in [-0.05, 0) is 0 Å². The molecule has 5 atom stereocenters. The predicted octanol–water partition coefficient (Wildman–Crippen LogP) is -1.54. The van der Waals surface area contributed by atoms with Crippen molar-refractivity contribution in [2.45, 2.75) is 51.4 Å². The highest BCUT2D eigenvalue weighted by atomic mass is 16.7. The Morgan fingerprint density at radius 1 is 1.05 bits per heavy atom. The molecule has 0 saturated carbocycles. The van der Waals surface area contributed by atoms with Crippen molar-refractivity contribution >= 4 is 17.9 Å². The molecule has 0 amide bonds. The maximum absolute atomic E-state index is 11.2. The molecule has 120 valence electrons. The van der Waals surface area contributed by atoms with Crippen LogP contribution < -0.4 is 5.73 Å². The number of rotatable bonds is 4. The lowest BCUT2D eigenvalue weighted by atomic mass is 9.97. The maximum atomic E-state index is 11.2. The van der Waals surface area contributed by atoms with E-state index < -0.39 is 48.6 Å². The number of ether oxygens (including phenoxy) is 4. The second-order valence-electron chi connectivity index (χ2n) is 4.59. The zero-order chi connectivity index (χ0) is 16.2. The molecule has 9 nitrogen and oxygen atoms in total. The zero-order valence-electron chi connectivity index (χ0n) is 12.0. The van der Waals surface area contributed by atoms with E-state index in [-0.39, 0.29) is 6.61 Å². The molecule has 1 fully saturated rings. The van der Waals surface area contributed by atoms with Crippen molar-refractivity contribution in [1.82, 2.24) is 0 Å². The van der Waals surface area contributed by atoms with Crippen LogP contribution in [0.15, 0.2) is 0 Å². The molecule has 0 unspecified atom stereocenters. The summed E-state index contributed by atoms with van der Waals surface area (Å²) >= 11 is 0. The second-order valence-corrected chi connectivity index (χ2v) is 4.59. The summed E-state index contributed by atoms with van der Waals surface area (Å²) in [6.07, 6.45) is -4.67. The third kappa shape index (κ3) is 4.96. The van der Waals surface area contributed by atoms with Crippen LogP contribution in [0.5, 0.6) is 0 Å². The van der Waals surface area contributed by atoms with Gasteiger partial charge in [-0.1, -0.05) is 0 Å². The molecule has 0 spiro atoms. The molecule has 0 aromatic rings. The Balaban J connectivity index is 2.94. The molecule has 0 aromatic heterocycles. The molecule has 0 aliphatic carbocycles. The molecule has 0 radical (unpaired) electrons. The lowest BCUT2D eigenvalue weighted by molar-refractivity contribution is -0.260. The van der Waals surface area contributed by atoms with Crippen LogP contribution in [-0.2, 0) is 33.3 Å². The van der Waals surface area contributed by atoms with E-state index in [4.69, 9.17) is 24.7 Å². The Morgan fingerprint density at radius 3 is 2.05 bits per heavy atom. The first-order chi connectivity index (χ1) is 9.72. The van der Waals surface area contributed by atoms with E-state index in [0.717, 1.165) is 13.8 Å². The third-order valence-corrected chi connectivity index (χ3v) is 2.77. The number of carbonyl (C=O) groups excluding carboxylic acids is 3. The molecule has 3 N–H and O–H groups in total. The molecule has 1 aliphatic rings. The van der Waals surface area contributed by atoms with E-state index in [1.807, 2.05) is 0 Å². The first-order valence-corrected chi connectivity index (χ1v) is 6.29. The molecule has 0 bridgehead atoms. The van der Waals surface area contributed by atoms with Gasteiger partial charge in [0.1, 0.15) is 12.7 Å². The quantitative estimate of drug-likeness (QED) is 0.468. The predicted molar refractivity (Wildman–Crippen MR) is 66.6 cm³/mol. The average Bonchev–Trinajstić information content (AvgIpc) is 2.35. The average molecular weight is 305 g/mol. The molecular formula is C12H19NO8. The van der Waals surface area contributed by atoms with Crippen molar-refractivity contribution < 1.29 is 38.4 Å². The Bertz CT molecular complexity index is 412. The molecular weight excluding hydrogens is 286 g/mol. The highest BCUT2D eigenvalue weighted by Crippen LogP contribution is 2.24. The van der Waals surface area contributed by atoms with Crippen LogP contribution in [-0.4, -0.2) is 60.3 Å². The van der Waals surface area contributed by atoms with Crippen LogP contribution in [0.4, 0.5) is 0 Å². The van der Waals surface area contributed by atoms with Crippen LogP contribution in [0.2, 0.25) is 0 Å². The minimum atomic E-state index is -1.46. The third-order valence-electron chi connectivity index (χ3n) is 2.77. The minimum absolute atomic E-state index is 0.283. The van der Waals surface area contributed by atoms with E-state index in [1.165, 1.54) is 6.92 Å². The largest absolute Gasteiger partial charge is 0.463 e. The van der Waals surface area contributed by atoms with E-state index in [9.17, 15) is 19.5 Å². The van der Waals surface area contributed by atoms with Gasteiger partial charge in [0.05, 0.1) is 6.04 Å². The van der Waals surface area contributed by atoms with E-state index in [0.29, 0.717) is 0 Å². The van der Waals surface area contributed by atoms with Gasteiger partial charge >= 0.3 is 17.9 Å². The molecule has 1 heterocycles. The van der Waals surface area contributed by atoms with Crippen molar-refractivity contribution in [3.05, 3.63) is 0 Å². The highest BCUT2D eigenvalue weighted by Gasteiger charge is 2.48. The molecule has 9 heteroatoms. The molecule has 1 rings (SSSR count). The van der Waals surface area contributed by atoms with Crippen molar-refractivity contribution in [2.24, 2.45) is 5.73 Å². The summed E-state index contributed by atoms with van der Waals surface area (Å²) in [5.74, 6) is -1.89. The normalized spacial score (nSPS) is 32.1. The maximum Gasteiger partial charge on any atom is 0.303 e.